The number of carboxylic acids is 2. The van der Waals surface area contributed by atoms with Crippen LogP contribution < -0.4 is 11.1 Å². The summed E-state index contributed by atoms with van der Waals surface area (Å²) in [7, 11) is 0. The number of hydrogen-bond donors (Lipinski definition) is 4. The Kier molecular flexibility index (Phi) is 7.72. The van der Waals surface area contributed by atoms with Crippen molar-refractivity contribution in [2.45, 2.75) is 12.6 Å². The molecule has 0 saturated heterocycles. The van der Waals surface area contributed by atoms with Crippen LogP contribution >= 0.6 is 0 Å². The van der Waals surface area contributed by atoms with Gasteiger partial charge in [-0.3, -0.25) is 0 Å². The van der Waals surface area contributed by atoms with Gasteiger partial charge in [0.25, 0.3) is 0 Å². The summed E-state index contributed by atoms with van der Waals surface area (Å²) in [6, 6.07) is 5.93. The maximum absolute atomic E-state index is 12.8. The minimum Gasteiger partial charge on any atom is -0.478 e. The number of nitrogens with two attached hydrogens (primary N) is 1. The monoisotopic (exact) mass is 406 g/mol. The third kappa shape index (κ3) is 7.48. The molecule has 0 aliphatic heterocycles. The molecule has 5 N–H and O–H groups in total. The fourth-order valence-corrected chi connectivity index (χ4v) is 1.92. The summed E-state index contributed by atoms with van der Waals surface area (Å²) in [5.41, 5.74) is 4.63. The molecule has 2 aromatic carbocycles. The second-order valence-electron chi connectivity index (χ2n) is 5.32. The molecule has 0 saturated carbocycles. The fraction of sp³-hybridized carbons (Fsp3) is 0.176. The zero-order chi connectivity index (χ0) is 21.5. The van der Waals surface area contributed by atoms with Gasteiger partial charge in [-0.1, -0.05) is 0 Å². The number of nitrogen functional groups attached to an aromatic ring is 1. The van der Waals surface area contributed by atoms with Gasteiger partial charge < -0.3 is 21.3 Å². The first kappa shape index (κ1) is 22.7. The summed E-state index contributed by atoms with van der Waals surface area (Å²) >= 11 is 0. The normalized spacial score (nSPS) is 10.6. The first-order valence-corrected chi connectivity index (χ1v) is 7.52. The first-order chi connectivity index (χ1) is 12.9. The van der Waals surface area contributed by atoms with Gasteiger partial charge in [-0.25, -0.2) is 18.4 Å². The van der Waals surface area contributed by atoms with E-state index in [4.69, 9.17) is 15.9 Å². The van der Waals surface area contributed by atoms with E-state index in [9.17, 15) is 31.5 Å². The van der Waals surface area contributed by atoms with Crippen LogP contribution in [0, 0.1) is 11.6 Å². The van der Waals surface area contributed by atoms with Crippen LogP contribution in [0.25, 0.3) is 0 Å². The lowest BCUT2D eigenvalue weighted by Crippen LogP contribution is -2.16. The van der Waals surface area contributed by atoms with Crippen molar-refractivity contribution in [3.63, 3.8) is 0 Å². The lowest BCUT2D eigenvalue weighted by molar-refractivity contribution is -0.131. The highest BCUT2D eigenvalue weighted by Crippen LogP contribution is 2.21. The molecule has 0 heterocycles. The molecular formula is C17H15F5N2O4. The molecule has 0 radical (unpaired) electrons. The summed E-state index contributed by atoms with van der Waals surface area (Å²) in [6.45, 7) is -0.507. The van der Waals surface area contributed by atoms with Gasteiger partial charge in [-0.2, -0.15) is 13.2 Å². The number of nitrogens with one attached hydrogen (secondary N) is 1. The minimum atomic E-state index is -4.34. The predicted molar refractivity (Wildman–Crippen MR) is 90.3 cm³/mol. The highest BCUT2D eigenvalue weighted by Gasteiger charge is 2.26. The van der Waals surface area contributed by atoms with Crippen LogP contribution in [0.5, 0.6) is 0 Å². The van der Waals surface area contributed by atoms with Crippen LogP contribution in [0.15, 0.2) is 36.4 Å². The lowest BCUT2D eigenvalue weighted by Gasteiger charge is -2.11. The van der Waals surface area contributed by atoms with E-state index in [0.29, 0.717) is 0 Å². The molecule has 0 amide bonds. The largest absolute Gasteiger partial charge is 0.478 e. The van der Waals surface area contributed by atoms with Crippen LogP contribution in [0.4, 0.5) is 33.3 Å². The molecular weight excluding hydrogens is 391 g/mol. The molecule has 0 bridgehead atoms. The number of hydrogen-bond acceptors (Lipinski definition) is 4. The summed E-state index contributed by atoms with van der Waals surface area (Å²) in [5.74, 6) is -3.74. The lowest BCUT2D eigenvalue weighted by atomic mass is 10.1. The Morgan fingerprint density at radius 3 is 1.89 bits per heavy atom. The Balaban J connectivity index is 0.000000307. The van der Waals surface area contributed by atoms with E-state index in [-0.39, 0.29) is 22.5 Å². The Hall–Kier alpha value is -3.37. The highest BCUT2D eigenvalue weighted by atomic mass is 19.4. The van der Waals surface area contributed by atoms with E-state index in [1.807, 2.05) is 0 Å². The van der Waals surface area contributed by atoms with E-state index < -0.39 is 42.7 Å². The van der Waals surface area contributed by atoms with Gasteiger partial charge in [0.1, 0.15) is 11.6 Å². The van der Waals surface area contributed by atoms with Gasteiger partial charge in [-0.05, 0) is 36.4 Å². The van der Waals surface area contributed by atoms with Gasteiger partial charge in [-0.15, -0.1) is 0 Å². The molecule has 0 atom stereocenters. The number of carboxylic acid groups (broad SMARTS) is 2. The van der Waals surface area contributed by atoms with E-state index in [1.54, 1.807) is 0 Å². The molecule has 0 aliphatic rings. The van der Waals surface area contributed by atoms with Crippen molar-refractivity contribution >= 4 is 23.3 Å². The van der Waals surface area contributed by atoms with Gasteiger partial charge in [0, 0.05) is 12.2 Å². The SMILES string of the molecule is Nc1cc(F)ccc1C(=O)O.O=C(O)c1ccc(F)cc1NCCC(F)(F)F. The summed E-state index contributed by atoms with van der Waals surface area (Å²) in [6.07, 6.45) is -5.47. The van der Waals surface area contributed by atoms with Crippen molar-refractivity contribution in [1.29, 1.82) is 0 Å². The highest BCUT2D eigenvalue weighted by molar-refractivity contribution is 5.94. The van der Waals surface area contributed by atoms with Gasteiger partial charge in [0.15, 0.2) is 0 Å². The van der Waals surface area contributed by atoms with Crippen molar-refractivity contribution in [2.24, 2.45) is 0 Å². The summed E-state index contributed by atoms with van der Waals surface area (Å²) < 4.78 is 60.8. The maximum atomic E-state index is 12.8. The van der Waals surface area contributed by atoms with E-state index >= 15 is 0 Å². The molecule has 0 aromatic heterocycles. The quantitative estimate of drug-likeness (QED) is 0.441. The fourth-order valence-electron chi connectivity index (χ4n) is 1.92. The molecule has 2 rings (SSSR count). The van der Waals surface area contributed by atoms with Crippen LogP contribution in [0.2, 0.25) is 0 Å². The molecule has 11 heteroatoms. The van der Waals surface area contributed by atoms with Crippen LogP contribution in [-0.4, -0.2) is 34.9 Å². The molecule has 2 aromatic rings. The standard InChI is InChI=1S/C10H9F4NO2.C7H6FNO2/c11-6-1-2-7(9(16)17)8(5-6)15-4-3-10(12,13)14;8-4-1-2-5(7(10)11)6(9)3-4/h1-2,5,15H,3-4H2,(H,16,17);1-3H,9H2,(H,10,11). The van der Waals surface area contributed by atoms with Crippen molar-refractivity contribution < 1.29 is 41.8 Å². The second kappa shape index (κ2) is 9.53. The number of carbonyl (C=O) groups is 2. The molecule has 28 heavy (non-hydrogen) atoms. The molecule has 152 valence electrons. The number of benzene rings is 2. The number of alkyl halides is 3. The van der Waals surface area contributed by atoms with Crippen molar-refractivity contribution in [3.05, 3.63) is 59.2 Å². The molecule has 0 spiro atoms. The van der Waals surface area contributed by atoms with Crippen LogP contribution in [-0.2, 0) is 0 Å². The minimum absolute atomic E-state index is 0.0579. The van der Waals surface area contributed by atoms with Crippen molar-refractivity contribution in [1.82, 2.24) is 0 Å². The Bertz CT molecular complexity index is 856. The smallest absolute Gasteiger partial charge is 0.390 e. The van der Waals surface area contributed by atoms with Crippen molar-refractivity contribution in [3.8, 4) is 0 Å². The second-order valence-corrected chi connectivity index (χ2v) is 5.32. The van der Waals surface area contributed by atoms with Crippen molar-refractivity contribution in [2.75, 3.05) is 17.6 Å². The number of halogens is 5. The number of anilines is 2. The molecule has 0 unspecified atom stereocenters. The summed E-state index contributed by atoms with van der Waals surface area (Å²) in [4.78, 5) is 21.0. The maximum Gasteiger partial charge on any atom is 0.390 e. The summed E-state index contributed by atoms with van der Waals surface area (Å²) in [5, 5.41) is 19.4. The van der Waals surface area contributed by atoms with E-state index in [2.05, 4.69) is 5.32 Å². The Morgan fingerprint density at radius 2 is 1.43 bits per heavy atom. The van der Waals surface area contributed by atoms with Gasteiger partial charge in [0.2, 0.25) is 0 Å². The van der Waals surface area contributed by atoms with Gasteiger partial charge >= 0.3 is 18.1 Å². The predicted octanol–water partition coefficient (Wildman–Crippen LogP) is 3.99. The molecule has 6 nitrogen and oxygen atoms in total. The molecule has 0 fully saturated rings. The van der Waals surface area contributed by atoms with Crippen LogP contribution in [0.3, 0.4) is 0 Å². The Labute approximate surface area is 155 Å². The number of rotatable bonds is 5. The van der Waals surface area contributed by atoms with Crippen LogP contribution in [0.1, 0.15) is 27.1 Å². The average molecular weight is 406 g/mol. The Morgan fingerprint density at radius 1 is 0.929 bits per heavy atom. The number of aromatic carboxylic acids is 2. The van der Waals surface area contributed by atoms with Gasteiger partial charge in [0.05, 0.1) is 23.2 Å². The zero-order valence-corrected chi connectivity index (χ0v) is 14.1. The molecule has 0 aliphatic carbocycles. The average Bonchev–Trinajstić information content (AvgIpc) is 2.53. The van der Waals surface area contributed by atoms with E-state index in [0.717, 1.165) is 36.4 Å². The third-order valence-corrected chi connectivity index (χ3v) is 3.18. The zero-order valence-electron chi connectivity index (χ0n) is 14.1. The topological polar surface area (TPSA) is 113 Å². The first-order valence-electron chi connectivity index (χ1n) is 7.52. The third-order valence-electron chi connectivity index (χ3n) is 3.18. The van der Waals surface area contributed by atoms with E-state index in [1.165, 1.54) is 0 Å².